The monoisotopic (exact) mass is 229 g/mol. The SMILES string of the molecule is C[C@@H](OCC(=O)NCC(F)(F)F)C(=O)O. The molecule has 0 aromatic carbocycles. The van der Waals surface area contributed by atoms with Gasteiger partial charge in [-0.3, -0.25) is 4.79 Å². The molecule has 0 spiro atoms. The number of carbonyl (C=O) groups excluding carboxylic acids is 1. The van der Waals surface area contributed by atoms with Gasteiger partial charge in [0.15, 0.2) is 6.10 Å². The fraction of sp³-hybridized carbons (Fsp3) is 0.714. The molecule has 0 aliphatic heterocycles. The van der Waals surface area contributed by atoms with Crippen LogP contribution in [0.3, 0.4) is 0 Å². The number of alkyl halides is 3. The van der Waals surface area contributed by atoms with Crippen molar-refractivity contribution < 1.29 is 32.6 Å². The molecular weight excluding hydrogens is 219 g/mol. The van der Waals surface area contributed by atoms with E-state index in [-0.39, 0.29) is 0 Å². The Morgan fingerprint density at radius 1 is 1.47 bits per heavy atom. The topological polar surface area (TPSA) is 75.6 Å². The number of hydrogen-bond donors (Lipinski definition) is 2. The van der Waals surface area contributed by atoms with E-state index in [1.807, 2.05) is 0 Å². The molecule has 2 N–H and O–H groups in total. The highest BCUT2D eigenvalue weighted by molar-refractivity contribution is 5.78. The van der Waals surface area contributed by atoms with E-state index in [9.17, 15) is 22.8 Å². The average molecular weight is 229 g/mol. The highest BCUT2D eigenvalue weighted by Gasteiger charge is 2.27. The smallest absolute Gasteiger partial charge is 0.405 e. The first-order chi connectivity index (χ1) is 6.72. The standard InChI is InChI=1S/C7H10F3NO4/c1-4(6(13)14)15-2-5(12)11-3-7(8,9)10/h4H,2-3H2,1H3,(H,11,12)(H,13,14)/t4-/m1/s1. The summed E-state index contributed by atoms with van der Waals surface area (Å²) in [7, 11) is 0. The number of nitrogens with one attached hydrogen (secondary N) is 1. The van der Waals surface area contributed by atoms with Crippen molar-refractivity contribution in [2.75, 3.05) is 13.2 Å². The summed E-state index contributed by atoms with van der Waals surface area (Å²) in [5.74, 6) is -2.31. The first kappa shape index (κ1) is 13.7. The Morgan fingerprint density at radius 3 is 2.40 bits per heavy atom. The maximum Gasteiger partial charge on any atom is 0.405 e. The lowest BCUT2D eigenvalue weighted by atomic mass is 10.4. The van der Waals surface area contributed by atoms with Crippen molar-refractivity contribution in [3.05, 3.63) is 0 Å². The van der Waals surface area contributed by atoms with E-state index < -0.39 is 37.3 Å². The highest BCUT2D eigenvalue weighted by Crippen LogP contribution is 2.11. The number of aliphatic carboxylic acids is 1. The Hall–Kier alpha value is -1.31. The molecule has 0 saturated heterocycles. The Bertz CT molecular complexity index is 241. The second kappa shape index (κ2) is 5.54. The molecule has 0 aromatic rings. The van der Waals surface area contributed by atoms with E-state index in [4.69, 9.17) is 5.11 Å². The van der Waals surface area contributed by atoms with Crippen LogP contribution in [0.25, 0.3) is 0 Å². The highest BCUT2D eigenvalue weighted by atomic mass is 19.4. The van der Waals surface area contributed by atoms with Crippen LogP contribution in [0.15, 0.2) is 0 Å². The van der Waals surface area contributed by atoms with Gasteiger partial charge in [-0.25, -0.2) is 4.79 Å². The molecule has 15 heavy (non-hydrogen) atoms. The minimum atomic E-state index is -4.49. The van der Waals surface area contributed by atoms with Crippen molar-refractivity contribution in [1.29, 1.82) is 0 Å². The van der Waals surface area contributed by atoms with Crippen molar-refractivity contribution >= 4 is 11.9 Å². The van der Waals surface area contributed by atoms with E-state index in [1.165, 1.54) is 12.2 Å². The maximum atomic E-state index is 11.6. The average Bonchev–Trinajstić information content (AvgIpc) is 2.09. The largest absolute Gasteiger partial charge is 0.479 e. The minimum Gasteiger partial charge on any atom is -0.479 e. The van der Waals surface area contributed by atoms with Gasteiger partial charge >= 0.3 is 12.1 Å². The van der Waals surface area contributed by atoms with Gasteiger partial charge in [-0.2, -0.15) is 13.2 Å². The molecule has 0 unspecified atom stereocenters. The van der Waals surface area contributed by atoms with Crippen molar-refractivity contribution in [3.8, 4) is 0 Å². The third-order valence-corrected chi connectivity index (χ3v) is 1.30. The summed E-state index contributed by atoms with van der Waals surface area (Å²) in [6, 6.07) is 0. The van der Waals surface area contributed by atoms with Crippen LogP contribution in [0.5, 0.6) is 0 Å². The van der Waals surface area contributed by atoms with Gasteiger partial charge in [0.1, 0.15) is 13.2 Å². The summed E-state index contributed by atoms with van der Waals surface area (Å²) in [6.07, 6.45) is -5.73. The Morgan fingerprint density at radius 2 is 2.00 bits per heavy atom. The molecule has 0 bridgehead atoms. The summed E-state index contributed by atoms with van der Waals surface area (Å²) in [5, 5.41) is 9.85. The molecule has 0 rings (SSSR count). The third-order valence-electron chi connectivity index (χ3n) is 1.30. The fourth-order valence-electron chi connectivity index (χ4n) is 0.522. The van der Waals surface area contributed by atoms with E-state index in [2.05, 4.69) is 4.74 Å². The molecule has 0 radical (unpaired) electrons. The van der Waals surface area contributed by atoms with Crippen molar-refractivity contribution in [2.24, 2.45) is 0 Å². The van der Waals surface area contributed by atoms with Crippen molar-refractivity contribution in [1.82, 2.24) is 5.32 Å². The molecule has 0 aromatic heterocycles. The minimum absolute atomic E-state index is 0.719. The molecule has 0 fully saturated rings. The zero-order valence-electron chi connectivity index (χ0n) is 7.80. The second-order valence-corrected chi connectivity index (χ2v) is 2.68. The number of carboxylic acids is 1. The Balaban J connectivity index is 3.72. The molecule has 0 heterocycles. The lowest BCUT2D eigenvalue weighted by molar-refractivity contribution is -0.153. The number of ether oxygens (including phenoxy) is 1. The number of carboxylic acid groups (broad SMARTS) is 1. The van der Waals surface area contributed by atoms with Gasteiger partial charge < -0.3 is 15.2 Å². The van der Waals surface area contributed by atoms with E-state index in [0.717, 1.165) is 0 Å². The Labute approximate surface area is 83.2 Å². The van der Waals surface area contributed by atoms with Gasteiger partial charge in [0.25, 0.3) is 0 Å². The first-order valence-electron chi connectivity index (χ1n) is 3.90. The van der Waals surface area contributed by atoms with Crippen LogP contribution >= 0.6 is 0 Å². The zero-order chi connectivity index (χ0) is 12.1. The summed E-state index contributed by atoms with van der Waals surface area (Å²) in [5.41, 5.74) is 0. The maximum absolute atomic E-state index is 11.6. The van der Waals surface area contributed by atoms with Crippen molar-refractivity contribution in [2.45, 2.75) is 19.2 Å². The Kier molecular flexibility index (Phi) is 5.06. The summed E-state index contributed by atoms with van der Waals surface area (Å²) < 4.78 is 39.2. The van der Waals surface area contributed by atoms with Gasteiger partial charge in [0.2, 0.25) is 5.91 Å². The molecule has 5 nitrogen and oxygen atoms in total. The van der Waals surface area contributed by atoms with E-state index in [0.29, 0.717) is 0 Å². The molecule has 0 saturated carbocycles. The van der Waals surface area contributed by atoms with Crippen molar-refractivity contribution in [3.63, 3.8) is 0 Å². The molecule has 8 heteroatoms. The molecule has 1 atom stereocenters. The summed E-state index contributed by atoms with van der Waals surface area (Å²) >= 11 is 0. The van der Waals surface area contributed by atoms with Gasteiger partial charge in [0.05, 0.1) is 0 Å². The van der Waals surface area contributed by atoms with Crippen LogP contribution in [-0.4, -0.2) is 42.4 Å². The molecule has 88 valence electrons. The van der Waals surface area contributed by atoms with E-state index >= 15 is 0 Å². The lowest BCUT2D eigenvalue weighted by Gasteiger charge is -2.10. The van der Waals surface area contributed by atoms with Crippen LogP contribution < -0.4 is 5.32 Å². The van der Waals surface area contributed by atoms with Crippen LogP contribution in [0.1, 0.15) is 6.92 Å². The molecular formula is C7H10F3NO4. The van der Waals surface area contributed by atoms with Crippen LogP contribution in [0, 0.1) is 0 Å². The summed E-state index contributed by atoms with van der Waals surface area (Å²) in [6.45, 7) is -1.01. The van der Waals surface area contributed by atoms with E-state index in [1.54, 1.807) is 0 Å². The number of rotatable bonds is 5. The number of amides is 1. The molecule has 1 amide bonds. The second-order valence-electron chi connectivity index (χ2n) is 2.68. The normalized spacial score (nSPS) is 13.3. The molecule has 0 aliphatic rings. The lowest BCUT2D eigenvalue weighted by Crippen LogP contribution is -2.37. The van der Waals surface area contributed by atoms with Crippen LogP contribution in [0.2, 0.25) is 0 Å². The van der Waals surface area contributed by atoms with Gasteiger partial charge in [-0.1, -0.05) is 0 Å². The quantitative estimate of drug-likeness (QED) is 0.703. The summed E-state index contributed by atoms with van der Waals surface area (Å²) in [4.78, 5) is 20.9. The number of carbonyl (C=O) groups is 2. The predicted molar refractivity (Wildman–Crippen MR) is 42.1 cm³/mol. The van der Waals surface area contributed by atoms with Gasteiger partial charge in [-0.05, 0) is 6.92 Å². The zero-order valence-corrected chi connectivity index (χ0v) is 7.80. The number of hydrogen-bond acceptors (Lipinski definition) is 3. The third kappa shape index (κ3) is 7.74. The van der Waals surface area contributed by atoms with Crippen LogP contribution in [0.4, 0.5) is 13.2 Å². The molecule has 0 aliphatic carbocycles. The predicted octanol–water partition coefficient (Wildman–Crippen LogP) is 0.155. The number of halogens is 3. The van der Waals surface area contributed by atoms with Gasteiger partial charge in [-0.15, -0.1) is 0 Å². The fourth-order valence-corrected chi connectivity index (χ4v) is 0.522. The van der Waals surface area contributed by atoms with Crippen LogP contribution in [-0.2, 0) is 14.3 Å². The van der Waals surface area contributed by atoms with Gasteiger partial charge in [0, 0.05) is 0 Å². The first-order valence-corrected chi connectivity index (χ1v) is 3.90.